The van der Waals surface area contributed by atoms with Gasteiger partial charge < -0.3 is 9.84 Å². The van der Waals surface area contributed by atoms with E-state index in [9.17, 15) is 5.11 Å². The number of ether oxygens (including phenoxy) is 1. The predicted octanol–water partition coefficient (Wildman–Crippen LogP) is 3.65. The van der Waals surface area contributed by atoms with Crippen molar-refractivity contribution in [2.45, 2.75) is 40.7 Å². The van der Waals surface area contributed by atoms with Crippen LogP contribution in [-0.4, -0.2) is 36.8 Å². The van der Waals surface area contributed by atoms with Gasteiger partial charge in [0, 0.05) is 19.6 Å². The van der Waals surface area contributed by atoms with Crippen molar-refractivity contribution >= 4 is 0 Å². The average molecular weight is 293 g/mol. The second-order valence-corrected chi connectivity index (χ2v) is 6.75. The summed E-state index contributed by atoms with van der Waals surface area (Å²) < 4.78 is 5.27. The van der Waals surface area contributed by atoms with Crippen LogP contribution in [0.4, 0.5) is 0 Å². The Kier molecular flexibility index (Phi) is 7.20. The Hall–Kier alpha value is -1.06. The number of methoxy groups -OCH3 is 1. The molecule has 0 saturated carbocycles. The maximum absolute atomic E-state index is 10.5. The zero-order chi connectivity index (χ0) is 16.0. The minimum absolute atomic E-state index is 0.452. The van der Waals surface area contributed by atoms with Crippen molar-refractivity contribution in [1.29, 1.82) is 0 Å². The Morgan fingerprint density at radius 3 is 2.05 bits per heavy atom. The van der Waals surface area contributed by atoms with E-state index < -0.39 is 6.10 Å². The normalized spacial score (nSPS) is 13.2. The first kappa shape index (κ1) is 18.0. The summed E-state index contributed by atoms with van der Waals surface area (Å²) in [6, 6.07) is 5.91. The van der Waals surface area contributed by atoms with E-state index in [1.165, 1.54) is 0 Å². The quantitative estimate of drug-likeness (QED) is 0.794. The van der Waals surface area contributed by atoms with Crippen molar-refractivity contribution in [2.24, 2.45) is 11.8 Å². The van der Waals surface area contributed by atoms with Gasteiger partial charge in [0.05, 0.1) is 13.2 Å². The van der Waals surface area contributed by atoms with Crippen molar-refractivity contribution in [3.8, 4) is 5.75 Å². The molecule has 0 saturated heterocycles. The van der Waals surface area contributed by atoms with Crippen LogP contribution in [0.15, 0.2) is 18.2 Å². The molecule has 0 radical (unpaired) electrons. The first-order chi connectivity index (χ1) is 9.83. The van der Waals surface area contributed by atoms with Gasteiger partial charge in [-0.05, 0) is 42.0 Å². The van der Waals surface area contributed by atoms with Gasteiger partial charge in [-0.25, -0.2) is 0 Å². The molecule has 0 spiro atoms. The predicted molar refractivity (Wildman–Crippen MR) is 88.8 cm³/mol. The second kappa shape index (κ2) is 8.40. The molecule has 0 bridgehead atoms. The molecule has 0 amide bonds. The number of aliphatic hydroxyl groups excluding tert-OH is 1. The molecule has 1 unspecified atom stereocenters. The maximum Gasteiger partial charge on any atom is 0.121 e. The molecule has 1 N–H and O–H groups in total. The molecular weight excluding hydrogens is 262 g/mol. The fourth-order valence-electron chi connectivity index (χ4n) is 2.72. The Bertz CT molecular complexity index is 419. The Morgan fingerprint density at radius 2 is 1.62 bits per heavy atom. The number of rotatable bonds is 8. The third-order valence-electron chi connectivity index (χ3n) is 3.48. The monoisotopic (exact) mass is 293 g/mol. The largest absolute Gasteiger partial charge is 0.496 e. The number of aryl methyl sites for hydroxylation is 1. The number of aliphatic hydroxyl groups is 1. The van der Waals surface area contributed by atoms with Crippen LogP contribution < -0.4 is 4.74 Å². The molecule has 0 aliphatic carbocycles. The number of benzene rings is 1. The van der Waals surface area contributed by atoms with Crippen LogP contribution in [0.25, 0.3) is 0 Å². The number of hydrogen-bond acceptors (Lipinski definition) is 3. The molecule has 1 atom stereocenters. The van der Waals surface area contributed by atoms with Gasteiger partial charge >= 0.3 is 0 Å². The van der Waals surface area contributed by atoms with Crippen molar-refractivity contribution in [2.75, 3.05) is 26.7 Å². The van der Waals surface area contributed by atoms with E-state index in [2.05, 4.69) is 32.6 Å². The van der Waals surface area contributed by atoms with Gasteiger partial charge in [0.1, 0.15) is 5.75 Å². The lowest BCUT2D eigenvalue weighted by molar-refractivity contribution is 0.0986. The highest BCUT2D eigenvalue weighted by Gasteiger charge is 2.16. The summed E-state index contributed by atoms with van der Waals surface area (Å²) in [4.78, 5) is 2.36. The van der Waals surface area contributed by atoms with Crippen LogP contribution in [0.5, 0.6) is 5.75 Å². The Morgan fingerprint density at radius 1 is 1.05 bits per heavy atom. The van der Waals surface area contributed by atoms with Crippen LogP contribution in [0.1, 0.15) is 44.9 Å². The van der Waals surface area contributed by atoms with Gasteiger partial charge in [0.2, 0.25) is 0 Å². The Balaban J connectivity index is 2.75. The van der Waals surface area contributed by atoms with Crippen molar-refractivity contribution < 1.29 is 9.84 Å². The molecule has 120 valence electrons. The van der Waals surface area contributed by atoms with Gasteiger partial charge in [-0.1, -0.05) is 33.8 Å². The van der Waals surface area contributed by atoms with Crippen LogP contribution in [0, 0.1) is 18.8 Å². The first-order valence-electron chi connectivity index (χ1n) is 7.88. The molecule has 0 heterocycles. The van der Waals surface area contributed by atoms with Gasteiger partial charge in [0.25, 0.3) is 0 Å². The summed E-state index contributed by atoms with van der Waals surface area (Å²) in [5.74, 6) is 2.08. The summed E-state index contributed by atoms with van der Waals surface area (Å²) in [7, 11) is 1.67. The summed E-state index contributed by atoms with van der Waals surface area (Å²) in [5, 5.41) is 10.5. The maximum atomic E-state index is 10.5. The lowest BCUT2D eigenvalue weighted by Gasteiger charge is -2.28. The van der Waals surface area contributed by atoms with Crippen LogP contribution >= 0.6 is 0 Å². The molecule has 1 aromatic rings. The van der Waals surface area contributed by atoms with Crippen molar-refractivity contribution in [3.63, 3.8) is 0 Å². The Labute approximate surface area is 129 Å². The zero-order valence-corrected chi connectivity index (χ0v) is 14.4. The average Bonchev–Trinajstić information content (AvgIpc) is 2.36. The van der Waals surface area contributed by atoms with Crippen molar-refractivity contribution in [1.82, 2.24) is 4.90 Å². The van der Waals surface area contributed by atoms with E-state index in [0.717, 1.165) is 30.0 Å². The van der Waals surface area contributed by atoms with Crippen molar-refractivity contribution in [3.05, 3.63) is 29.3 Å². The third kappa shape index (κ3) is 6.06. The molecule has 3 nitrogen and oxygen atoms in total. The standard InChI is InChI=1S/C18H31NO2/c1-13(2)10-19(11-14(3)4)12-17(20)16-7-8-18(21-6)15(5)9-16/h7-9,13-14,17,20H,10-12H2,1-6H3. The topological polar surface area (TPSA) is 32.7 Å². The molecular formula is C18H31NO2. The highest BCUT2D eigenvalue weighted by Crippen LogP contribution is 2.23. The minimum Gasteiger partial charge on any atom is -0.496 e. The van der Waals surface area contributed by atoms with E-state index in [-0.39, 0.29) is 0 Å². The third-order valence-corrected chi connectivity index (χ3v) is 3.48. The van der Waals surface area contributed by atoms with E-state index in [0.29, 0.717) is 18.4 Å². The lowest BCUT2D eigenvalue weighted by Crippen LogP contribution is -2.35. The van der Waals surface area contributed by atoms with Crippen LogP contribution in [-0.2, 0) is 0 Å². The summed E-state index contributed by atoms with van der Waals surface area (Å²) >= 11 is 0. The van der Waals surface area contributed by atoms with Gasteiger partial charge in [-0.15, -0.1) is 0 Å². The fourth-order valence-corrected chi connectivity index (χ4v) is 2.72. The second-order valence-electron chi connectivity index (χ2n) is 6.75. The molecule has 0 aromatic heterocycles. The molecule has 1 rings (SSSR count). The van der Waals surface area contributed by atoms with Crippen LogP contribution in [0.2, 0.25) is 0 Å². The fraction of sp³-hybridized carbons (Fsp3) is 0.667. The smallest absolute Gasteiger partial charge is 0.121 e. The van der Waals surface area contributed by atoms with Gasteiger partial charge in [-0.3, -0.25) is 4.90 Å². The zero-order valence-electron chi connectivity index (χ0n) is 14.4. The van der Waals surface area contributed by atoms with Gasteiger partial charge in [-0.2, -0.15) is 0 Å². The number of hydrogen-bond donors (Lipinski definition) is 1. The van der Waals surface area contributed by atoms with E-state index in [1.807, 2.05) is 25.1 Å². The summed E-state index contributed by atoms with van der Waals surface area (Å²) in [6.07, 6.45) is -0.452. The highest BCUT2D eigenvalue weighted by atomic mass is 16.5. The summed E-state index contributed by atoms with van der Waals surface area (Å²) in [5.41, 5.74) is 2.03. The lowest BCUT2D eigenvalue weighted by atomic mass is 10.0. The highest BCUT2D eigenvalue weighted by molar-refractivity contribution is 5.37. The molecule has 21 heavy (non-hydrogen) atoms. The van der Waals surface area contributed by atoms with E-state index in [4.69, 9.17) is 4.74 Å². The SMILES string of the molecule is COc1ccc(C(O)CN(CC(C)C)CC(C)C)cc1C. The first-order valence-corrected chi connectivity index (χ1v) is 7.88. The van der Waals surface area contributed by atoms with Gasteiger partial charge in [0.15, 0.2) is 0 Å². The minimum atomic E-state index is -0.452. The molecule has 0 aliphatic rings. The molecule has 0 aliphatic heterocycles. The number of nitrogens with zero attached hydrogens (tertiary/aromatic N) is 1. The molecule has 0 fully saturated rings. The summed E-state index contributed by atoms with van der Waals surface area (Å²) in [6.45, 7) is 13.6. The van der Waals surface area contributed by atoms with Crippen LogP contribution in [0.3, 0.4) is 0 Å². The molecule has 3 heteroatoms. The van der Waals surface area contributed by atoms with E-state index >= 15 is 0 Å². The molecule has 1 aromatic carbocycles. The van der Waals surface area contributed by atoms with E-state index in [1.54, 1.807) is 7.11 Å².